The Hall–Kier alpha value is -1.11. The first-order valence-electron chi connectivity index (χ1n) is 6.54. The molecule has 1 aromatic heterocycles. The number of rotatable bonds is 5. The zero-order valence-corrected chi connectivity index (χ0v) is 14.7. The van der Waals surface area contributed by atoms with E-state index in [1.807, 2.05) is 42.1 Å². The summed E-state index contributed by atoms with van der Waals surface area (Å²) in [6.45, 7) is 3.60. The smallest absolute Gasteiger partial charge is 0.170 e. The van der Waals surface area contributed by atoms with Gasteiger partial charge < -0.3 is 10.6 Å². The van der Waals surface area contributed by atoms with Crippen molar-refractivity contribution in [3.8, 4) is 0 Å². The van der Waals surface area contributed by atoms with E-state index in [-0.39, 0.29) is 0 Å². The van der Waals surface area contributed by atoms with E-state index in [1.165, 1.54) is 0 Å². The molecule has 0 unspecified atom stereocenters. The Balaban J connectivity index is 1.70. The molecule has 2 aromatic rings. The average molecular weight is 388 g/mol. The summed E-state index contributed by atoms with van der Waals surface area (Å²) in [5.41, 5.74) is 1.88. The van der Waals surface area contributed by atoms with Crippen LogP contribution in [0.15, 0.2) is 34.9 Å². The summed E-state index contributed by atoms with van der Waals surface area (Å²) in [7, 11) is 0. The van der Waals surface area contributed by atoms with Crippen LogP contribution < -0.4 is 10.6 Å². The summed E-state index contributed by atoms with van der Waals surface area (Å²) in [5, 5.41) is 11.9. The van der Waals surface area contributed by atoms with Crippen LogP contribution in [-0.4, -0.2) is 21.4 Å². The molecule has 2 rings (SSSR count). The van der Waals surface area contributed by atoms with E-state index in [0.717, 1.165) is 35.4 Å². The molecular formula is C14H16BrClN4S. The maximum atomic E-state index is 5.92. The van der Waals surface area contributed by atoms with Crippen LogP contribution in [0.5, 0.6) is 0 Å². The highest BCUT2D eigenvalue weighted by molar-refractivity contribution is 9.10. The van der Waals surface area contributed by atoms with E-state index in [9.17, 15) is 0 Å². The first-order chi connectivity index (χ1) is 10.0. The molecule has 112 valence electrons. The fourth-order valence-electron chi connectivity index (χ4n) is 1.79. The van der Waals surface area contributed by atoms with Gasteiger partial charge in [0.25, 0.3) is 0 Å². The molecule has 0 fully saturated rings. The van der Waals surface area contributed by atoms with Gasteiger partial charge in [-0.05, 0) is 59.7 Å². The topological polar surface area (TPSA) is 41.9 Å². The van der Waals surface area contributed by atoms with Crippen LogP contribution in [-0.2, 0) is 6.54 Å². The van der Waals surface area contributed by atoms with Gasteiger partial charge in [-0.1, -0.05) is 17.7 Å². The number of hydrogen-bond donors (Lipinski definition) is 2. The first kappa shape index (κ1) is 16.3. The molecule has 0 aliphatic carbocycles. The van der Waals surface area contributed by atoms with Gasteiger partial charge in [0.1, 0.15) is 0 Å². The summed E-state index contributed by atoms with van der Waals surface area (Å²) in [6, 6.07) is 7.46. The van der Waals surface area contributed by atoms with Gasteiger partial charge in [0, 0.05) is 30.0 Å². The first-order valence-corrected chi connectivity index (χ1v) is 8.12. The SMILES string of the molecule is Cc1nn(CCCNC(=S)Nc2cccc(Cl)c2)cc1Br. The summed E-state index contributed by atoms with van der Waals surface area (Å²) in [5.74, 6) is 0. The lowest BCUT2D eigenvalue weighted by Gasteiger charge is -2.10. The lowest BCUT2D eigenvalue weighted by Crippen LogP contribution is -2.29. The zero-order chi connectivity index (χ0) is 15.2. The van der Waals surface area contributed by atoms with Crippen molar-refractivity contribution in [1.82, 2.24) is 15.1 Å². The molecule has 2 N–H and O–H groups in total. The van der Waals surface area contributed by atoms with Crippen molar-refractivity contribution >= 4 is 50.5 Å². The lowest BCUT2D eigenvalue weighted by atomic mass is 10.3. The molecule has 4 nitrogen and oxygen atoms in total. The molecule has 0 atom stereocenters. The predicted octanol–water partition coefficient (Wildman–Crippen LogP) is 3.98. The van der Waals surface area contributed by atoms with Crippen molar-refractivity contribution in [2.24, 2.45) is 0 Å². The third-order valence-corrected chi connectivity index (χ3v) is 4.08. The summed E-state index contributed by atoms with van der Waals surface area (Å²) in [6.07, 6.45) is 2.92. The molecule has 21 heavy (non-hydrogen) atoms. The highest BCUT2D eigenvalue weighted by atomic mass is 79.9. The number of hydrogen-bond acceptors (Lipinski definition) is 2. The molecule has 1 heterocycles. The quantitative estimate of drug-likeness (QED) is 0.601. The van der Waals surface area contributed by atoms with E-state index < -0.39 is 0 Å². The molecule has 0 radical (unpaired) electrons. The number of halogens is 2. The fourth-order valence-corrected chi connectivity index (χ4v) is 2.52. The molecule has 0 amide bonds. The van der Waals surface area contributed by atoms with Gasteiger partial charge in [-0.25, -0.2) is 0 Å². The minimum atomic E-state index is 0.593. The second-order valence-electron chi connectivity index (χ2n) is 4.57. The zero-order valence-electron chi connectivity index (χ0n) is 11.6. The van der Waals surface area contributed by atoms with Gasteiger partial charge in [0.2, 0.25) is 0 Å². The van der Waals surface area contributed by atoms with Gasteiger partial charge in [0.15, 0.2) is 5.11 Å². The number of nitrogens with zero attached hydrogens (tertiary/aromatic N) is 2. The van der Waals surface area contributed by atoms with Crippen LogP contribution in [0.3, 0.4) is 0 Å². The number of nitrogens with one attached hydrogen (secondary N) is 2. The molecule has 0 aliphatic rings. The largest absolute Gasteiger partial charge is 0.362 e. The van der Waals surface area contributed by atoms with Gasteiger partial charge in [-0.3, -0.25) is 4.68 Å². The second-order valence-corrected chi connectivity index (χ2v) is 6.27. The van der Waals surface area contributed by atoms with Crippen molar-refractivity contribution in [3.63, 3.8) is 0 Å². The van der Waals surface area contributed by atoms with Crippen LogP contribution in [0.4, 0.5) is 5.69 Å². The van der Waals surface area contributed by atoms with E-state index in [2.05, 4.69) is 31.7 Å². The molecular weight excluding hydrogens is 372 g/mol. The van der Waals surface area contributed by atoms with E-state index in [1.54, 1.807) is 0 Å². The molecule has 0 saturated carbocycles. The number of aromatic nitrogens is 2. The molecule has 0 aliphatic heterocycles. The van der Waals surface area contributed by atoms with E-state index in [0.29, 0.717) is 10.1 Å². The summed E-state index contributed by atoms with van der Waals surface area (Å²) < 4.78 is 2.96. The average Bonchev–Trinajstić information content (AvgIpc) is 2.74. The molecule has 7 heteroatoms. The molecule has 0 bridgehead atoms. The van der Waals surface area contributed by atoms with Crippen LogP contribution in [0.25, 0.3) is 0 Å². The molecule has 1 aromatic carbocycles. The Morgan fingerprint density at radius 2 is 2.29 bits per heavy atom. The maximum absolute atomic E-state index is 5.92. The number of benzene rings is 1. The predicted molar refractivity (Wildman–Crippen MR) is 95.0 cm³/mol. The summed E-state index contributed by atoms with van der Waals surface area (Å²) >= 11 is 14.6. The minimum Gasteiger partial charge on any atom is -0.362 e. The van der Waals surface area contributed by atoms with Crippen LogP contribution in [0.1, 0.15) is 12.1 Å². The number of anilines is 1. The third kappa shape index (κ3) is 5.30. The van der Waals surface area contributed by atoms with Crippen LogP contribution >= 0.6 is 39.7 Å². The van der Waals surface area contributed by atoms with Gasteiger partial charge in [0.05, 0.1) is 10.2 Å². The van der Waals surface area contributed by atoms with Crippen molar-refractivity contribution in [2.75, 3.05) is 11.9 Å². The molecule has 0 spiro atoms. The van der Waals surface area contributed by atoms with Crippen LogP contribution in [0, 0.1) is 6.92 Å². The summed E-state index contributed by atoms with van der Waals surface area (Å²) in [4.78, 5) is 0. The second kappa shape index (κ2) is 7.77. The highest BCUT2D eigenvalue weighted by Crippen LogP contribution is 2.15. The monoisotopic (exact) mass is 386 g/mol. The third-order valence-electron chi connectivity index (χ3n) is 2.82. The van der Waals surface area contributed by atoms with Gasteiger partial charge in [-0.15, -0.1) is 0 Å². The van der Waals surface area contributed by atoms with Crippen molar-refractivity contribution in [3.05, 3.63) is 45.7 Å². The van der Waals surface area contributed by atoms with Gasteiger partial charge >= 0.3 is 0 Å². The van der Waals surface area contributed by atoms with E-state index in [4.69, 9.17) is 23.8 Å². The molecule has 0 saturated heterocycles. The van der Waals surface area contributed by atoms with Crippen LogP contribution in [0.2, 0.25) is 5.02 Å². The lowest BCUT2D eigenvalue weighted by molar-refractivity contribution is 0.570. The number of aryl methyl sites for hydroxylation is 2. The minimum absolute atomic E-state index is 0.593. The number of thiocarbonyl (C=S) groups is 1. The van der Waals surface area contributed by atoms with Crippen molar-refractivity contribution < 1.29 is 0 Å². The Morgan fingerprint density at radius 1 is 1.48 bits per heavy atom. The van der Waals surface area contributed by atoms with Gasteiger partial charge in [-0.2, -0.15) is 5.10 Å². The standard InChI is InChI=1S/C14H16BrClN4S/c1-10-13(15)9-20(19-10)7-3-6-17-14(21)18-12-5-2-4-11(16)8-12/h2,4-5,8-9H,3,6-7H2,1H3,(H2,17,18,21). The Bertz CT molecular complexity index is 610. The van der Waals surface area contributed by atoms with Crippen molar-refractivity contribution in [2.45, 2.75) is 19.9 Å². The normalized spacial score (nSPS) is 10.4. The Kier molecular flexibility index (Phi) is 6.02. The highest BCUT2D eigenvalue weighted by Gasteiger charge is 2.01. The fraction of sp³-hybridized carbons (Fsp3) is 0.286. The maximum Gasteiger partial charge on any atom is 0.170 e. The van der Waals surface area contributed by atoms with Crippen molar-refractivity contribution in [1.29, 1.82) is 0 Å². The van der Waals surface area contributed by atoms with E-state index >= 15 is 0 Å². The Labute approximate surface area is 143 Å². The Morgan fingerprint density at radius 3 is 2.95 bits per heavy atom.